The van der Waals surface area contributed by atoms with Crippen molar-refractivity contribution >= 4 is 16.0 Å². The van der Waals surface area contributed by atoms with E-state index in [4.69, 9.17) is 5.21 Å². The second-order valence-electron chi connectivity index (χ2n) is 2.26. The molecule has 0 rings (SSSR count). The van der Waals surface area contributed by atoms with E-state index in [1.165, 1.54) is 0 Å². The predicted octanol–water partition coefficient (Wildman–Crippen LogP) is -3.84. The van der Waals surface area contributed by atoms with E-state index >= 15 is 0 Å². The zero-order chi connectivity index (χ0) is 9.78. The Labute approximate surface area is 98.9 Å². The van der Waals surface area contributed by atoms with Gasteiger partial charge in [0, 0.05) is 19.2 Å². The fourth-order valence-corrected chi connectivity index (χ4v) is 1.03. The van der Waals surface area contributed by atoms with Gasteiger partial charge in [0.25, 0.3) is 0 Å². The van der Waals surface area contributed by atoms with Gasteiger partial charge in [-0.1, -0.05) is 0 Å². The standard InChI is InChI=1S/C5H11NO5S.Na/c1-5(7)6(8)3-2-4-12(9,10)11;/h8H,2-4H2,1H3,(H,9,10,11);/q;+1/p-1. The van der Waals surface area contributed by atoms with Crippen LogP contribution in [0.1, 0.15) is 13.3 Å². The molecule has 0 aromatic heterocycles. The summed E-state index contributed by atoms with van der Waals surface area (Å²) in [6.45, 7) is 0.989. The van der Waals surface area contributed by atoms with E-state index in [-0.39, 0.29) is 42.5 Å². The molecule has 0 aromatic rings. The van der Waals surface area contributed by atoms with Crippen molar-refractivity contribution in [2.45, 2.75) is 13.3 Å². The molecule has 1 amide bonds. The first-order valence-corrected chi connectivity index (χ1v) is 4.81. The van der Waals surface area contributed by atoms with Crippen LogP contribution in [0.4, 0.5) is 0 Å². The number of carbonyl (C=O) groups excluding carboxylic acids is 1. The van der Waals surface area contributed by atoms with E-state index in [1.807, 2.05) is 0 Å². The molecule has 72 valence electrons. The molecule has 0 heterocycles. The number of amides is 1. The number of hydrogen-bond donors (Lipinski definition) is 1. The molecule has 8 heteroatoms. The van der Waals surface area contributed by atoms with Crippen LogP contribution in [0.25, 0.3) is 0 Å². The van der Waals surface area contributed by atoms with Crippen LogP contribution in [0.15, 0.2) is 0 Å². The van der Waals surface area contributed by atoms with Crippen LogP contribution in [-0.4, -0.2) is 41.4 Å². The molecule has 0 saturated carbocycles. The average Bonchev–Trinajstić information content (AvgIpc) is 1.84. The van der Waals surface area contributed by atoms with E-state index in [1.54, 1.807) is 0 Å². The molecule has 0 aliphatic rings. The molecule has 0 aliphatic heterocycles. The minimum atomic E-state index is -4.24. The topological polar surface area (TPSA) is 97.7 Å². The Hall–Kier alpha value is 0.340. The van der Waals surface area contributed by atoms with E-state index < -0.39 is 21.8 Å². The smallest absolute Gasteiger partial charge is 0.748 e. The van der Waals surface area contributed by atoms with Gasteiger partial charge in [0.15, 0.2) is 0 Å². The molecule has 1 N–H and O–H groups in total. The summed E-state index contributed by atoms with van der Waals surface area (Å²) in [4.78, 5) is 10.3. The Kier molecular flexibility index (Phi) is 8.19. The van der Waals surface area contributed by atoms with Gasteiger partial charge in [0.2, 0.25) is 5.91 Å². The summed E-state index contributed by atoms with van der Waals surface area (Å²) in [5.74, 6) is -1.16. The van der Waals surface area contributed by atoms with Crippen LogP contribution in [0.3, 0.4) is 0 Å². The zero-order valence-corrected chi connectivity index (χ0v) is 10.4. The number of hydroxylamine groups is 2. The van der Waals surface area contributed by atoms with Gasteiger partial charge < -0.3 is 4.55 Å². The third-order valence-electron chi connectivity index (χ3n) is 1.13. The minimum absolute atomic E-state index is 0. The predicted molar refractivity (Wildman–Crippen MR) is 38.4 cm³/mol. The summed E-state index contributed by atoms with van der Waals surface area (Å²) in [5.41, 5.74) is 0. The Morgan fingerprint density at radius 1 is 1.54 bits per heavy atom. The molecule has 0 aromatic carbocycles. The number of rotatable bonds is 4. The van der Waals surface area contributed by atoms with E-state index in [9.17, 15) is 17.8 Å². The van der Waals surface area contributed by atoms with Gasteiger partial charge in [-0.15, -0.1) is 0 Å². The molecule has 0 unspecified atom stereocenters. The van der Waals surface area contributed by atoms with Crippen molar-refractivity contribution in [3.8, 4) is 0 Å². The van der Waals surface area contributed by atoms with Crippen LogP contribution < -0.4 is 29.6 Å². The third kappa shape index (κ3) is 10.3. The van der Waals surface area contributed by atoms with E-state index in [0.29, 0.717) is 5.06 Å². The largest absolute Gasteiger partial charge is 1.00 e. The summed E-state index contributed by atoms with van der Waals surface area (Å²) in [5, 5.41) is 9.08. The maximum Gasteiger partial charge on any atom is 1.00 e. The van der Waals surface area contributed by atoms with Crippen molar-refractivity contribution in [2.75, 3.05) is 12.3 Å². The van der Waals surface area contributed by atoms with Crippen molar-refractivity contribution in [3.05, 3.63) is 0 Å². The zero-order valence-electron chi connectivity index (χ0n) is 7.56. The summed E-state index contributed by atoms with van der Waals surface area (Å²) >= 11 is 0. The normalized spacial score (nSPS) is 10.4. The number of hydrogen-bond acceptors (Lipinski definition) is 5. The van der Waals surface area contributed by atoms with Gasteiger partial charge in [0.1, 0.15) is 0 Å². The van der Waals surface area contributed by atoms with Crippen molar-refractivity contribution in [1.29, 1.82) is 0 Å². The Morgan fingerprint density at radius 3 is 2.31 bits per heavy atom. The monoisotopic (exact) mass is 219 g/mol. The van der Waals surface area contributed by atoms with Crippen LogP contribution >= 0.6 is 0 Å². The third-order valence-corrected chi connectivity index (χ3v) is 1.92. The van der Waals surface area contributed by atoms with Gasteiger partial charge in [0.05, 0.1) is 10.1 Å². The van der Waals surface area contributed by atoms with Gasteiger partial charge in [-0.25, -0.2) is 13.5 Å². The molecule has 0 radical (unpaired) electrons. The maximum atomic E-state index is 10.3. The molecule has 0 saturated heterocycles. The molecule has 0 bridgehead atoms. The minimum Gasteiger partial charge on any atom is -0.748 e. The van der Waals surface area contributed by atoms with Crippen molar-refractivity contribution in [2.24, 2.45) is 0 Å². The van der Waals surface area contributed by atoms with Gasteiger partial charge in [-0.3, -0.25) is 10.0 Å². The van der Waals surface area contributed by atoms with Gasteiger partial charge in [-0.05, 0) is 6.42 Å². The van der Waals surface area contributed by atoms with Gasteiger partial charge in [-0.2, -0.15) is 0 Å². The van der Waals surface area contributed by atoms with E-state index in [0.717, 1.165) is 6.92 Å². The molecule has 0 atom stereocenters. The van der Waals surface area contributed by atoms with Crippen LogP contribution in [-0.2, 0) is 14.9 Å². The second-order valence-corrected chi connectivity index (χ2v) is 3.78. The van der Waals surface area contributed by atoms with Crippen LogP contribution in [0, 0.1) is 0 Å². The van der Waals surface area contributed by atoms with Crippen molar-refractivity contribution < 1.29 is 52.5 Å². The SMILES string of the molecule is CC(=O)N(O)CCCS(=O)(=O)[O-].[Na+]. The summed E-state index contributed by atoms with van der Waals surface area (Å²) in [7, 11) is -4.24. The Bertz CT molecular complexity index is 252. The summed E-state index contributed by atoms with van der Waals surface area (Å²) in [6, 6.07) is 0. The van der Waals surface area contributed by atoms with Crippen molar-refractivity contribution in [3.63, 3.8) is 0 Å². The Balaban J connectivity index is 0. The molecule has 6 nitrogen and oxygen atoms in total. The maximum absolute atomic E-state index is 10.3. The Morgan fingerprint density at radius 2 is 2.00 bits per heavy atom. The molecule has 0 aliphatic carbocycles. The quantitative estimate of drug-likeness (QED) is 0.226. The second kappa shape index (κ2) is 6.74. The van der Waals surface area contributed by atoms with Crippen LogP contribution in [0.2, 0.25) is 0 Å². The molecule has 0 fully saturated rings. The van der Waals surface area contributed by atoms with Crippen molar-refractivity contribution in [1.82, 2.24) is 5.06 Å². The number of nitrogens with zero attached hydrogens (tertiary/aromatic N) is 1. The fourth-order valence-electron chi connectivity index (χ4n) is 0.549. The van der Waals surface area contributed by atoms with Gasteiger partial charge >= 0.3 is 29.6 Å². The first-order valence-electron chi connectivity index (χ1n) is 3.23. The average molecular weight is 219 g/mol. The first-order chi connectivity index (χ1) is 5.33. The fraction of sp³-hybridized carbons (Fsp3) is 0.800. The molecule has 13 heavy (non-hydrogen) atoms. The summed E-state index contributed by atoms with van der Waals surface area (Å²) < 4.78 is 30.1. The summed E-state index contributed by atoms with van der Waals surface area (Å²) in [6.07, 6.45) is -0.0537. The molecular formula is C5H10NNaO5S. The van der Waals surface area contributed by atoms with E-state index in [2.05, 4.69) is 0 Å². The number of carbonyl (C=O) groups is 1. The van der Waals surface area contributed by atoms with Crippen LogP contribution in [0.5, 0.6) is 0 Å². The molecular weight excluding hydrogens is 209 g/mol. The first kappa shape index (κ1) is 15.8. The molecule has 0 spiro atoms.